The first-order chi connectivity index (χ1) is 15.1. The van der Waals surface area contributed by atoms with Gasteiger partial charge in [0.15, 0.2) is 5.78 Å². The van der Waals surface area contributed by atoms with Gasteiger partial charge in [0.2, 0.25) is 0 Å². The summed E-state index contributed by atoms with van der Waals surface area (Å²) in [5, 5.41) is 13.0. The molecule has 32 heavy (non-hydrogen) atoms. The zero-order valence-electron chi connectivity index (χ0n) is 18.3. The van der Waals surface area contributed by atoms with Crippen molar-refractivity contribution in [3.05, 3.63) is 35.9 Å². The van der Waals surface area contributed by atoms with Crippen molar-refractivity contribution >= 4 is 23.8 Å². The summed E-state index contributed by atoms with van der Waals surface area (Å²) in [6.07, 6.45) is 0.210. The van der Waals surface area contributed by atoms with E-state index in [0.29, 0.717) is 30.0 Å². The van der Waals surface area contributed by atoms with Crippen LogP contribution in [0.25, 0.3) is 0 Å². The summed E-state index contributed by atoms with van der Waals surface area (Å²) in [4.78, 5) is 51.0. The SMILES string of the molecule is CC(C)(C)OC(=O)NC(C(=O)NNCC(=O)C1CCC2CN1C(=O)N2O)c1ccccc1. The minimum absolute atomic E-state index is 0.218. The average molecular weight is 447 g/mol. The minimum atomic E-state index is -1.05. The number of nitrogens with one attached hydrogen (secondary N) is 3. The number of nitrogens with zero attached hydrogens (tertiary/aromatic N) is 2. The first kappa shape index (κ1) is 23.5. The van der Waals surface area contributed by atoms with Crippen LogP contribution in [0.1, 0.15) is 45.2 Å². The topological polar surface area (TPSA) is 140 Å². The summed E-state index contributed by atoms with van der Waals surface area (Å²) in [5.74, 6) is -0.874. The van der Waals surface area contributed by atoms with Crippen LogP contribution in [0.5, 0.6) is 0 Å². The molecule has 174 valence electrons. The lowest BCUT2D eigenvalue weighted by Gasteiger charge is -2.29. The van der Waals surface area contributed by atoms with Gasteiger partial charge in [0.25, 0.3) is 5.91 Å². The van der Waals surface area contributed by atoms with Crippen LogP contribution in [0, 0.1) is 0 Å². The van der Waals surface area contributed by atoms with Crippen LogP contribution in [0.15, 0.2) is 30.3 Å². The quantitative estimate of drug-likeness (QED) is 0.362. The number of hydrogen-bond acceptors (Lipinski definition) is 7. The van der Waals surface area contributed by atoms with Crippen LogP contribution in [0.4, 0.5) is 9.59 Å². The molecule has 2 fully saturated rings. The Hall–Kier alpha value is -3.18. The van der Waals surface area contributed by atoms with Gasteiger partial charge in [0, 0.05) is 6.54 Å². The number of rotatable bonds is 7. The van der Waals surface area contributed by atoms with E-state index in [-0.39, 0.29) is 18.4 Å². The number of ether oxygens (including phenoxy) is 1. The van der Waals surface area contributed by atoms with Crippen LogP contribution in [0.3, 0.4) is 0 Å². The fourth-order valence-corrected chi connectivity index (χ4v) is 3.76. The minimum Gasteiger partial charge on any atom is -0.444 e. The molecule has 0 aliphatic carbocycles. The molecule has 1 aromatic rings. The van der Waals surface area contributed by atoms with Crippen LogP contribution in [-0.2, 0) is 14.3 Å². The highest BCUT2D eigenvalue weighted by molar-refractivity contribution is 5.91. The van der Waals surface area contributed by atoms with Crippen LogP contribution in [-0.4, -0.2) is 69.8 Å². The van der Waals surface area contributed by atoms with E-state index in [1.54, 1.807) is 51.1 Å². The molecule has 3 rings (SSSR count). The Balaban J connectivity index is 1.57. The molecule has 2 aliphatic heterocycles. The van der Waals surface area contributed by atoms with Gasteiger partial charge in [-0.1, -0.05) is 30.3 Å². The van der Waals surface area contributed by atoms with Crippen LogP contribution in [0.2, 0.25) is 0 Å². The standard InChI is InChI=1S/C21H29N5O6/c1-21(2,3)32-19(29)23-17(13-7-5-4-6-8-13)18(28)24-22-11-16(27)15-10-9-14-12-25(15)20(30)26(14)31/h4-8,14-15,17,22,31H,9-12H2,1-3H3,(H,23,29)(H,24,28). The number of amides is 4. The van der Waals surface area contributed by atoms with Crippen LogP contribution >= 0.6 is 0 Å². The first-order valence-corrected chi connectivity index (χ1v) is 10.5. The van der Waals surface area contributed by atoms with Gasteiger partial charge in [-0.25, -0.2) is 20.1 Å². The molecule has 11 heteroatoms. The number of fused-ring (bicyclic) bond motifs is 2. The molecule has 4 amide bonds. The summed E-state index contributed by atoms with van der Waals surface area (Å²) >= 11 is 0. The van der Waals surface area contributed by atoms with Gasteiger partial charge in [-0.2, -0.15) is 0 Å². The van der Waals surface area contributed by atoms with Crippen LogP contribution < -0.4 is 16.2 Å². The number of hydrogen-bond donors (Lipinski definition) is 4. The lowest BCUT2D eigenvalue weighted by molar-refractivity contribution is -0.125. The van der Waals surface area contributed by atoms with E-state index in [4.69, 9.17) is 4.74 Å². The second kappa shape index (κ2) is 9.53. The maximum absolute atomic E-state index is 12.8. The number of carbonyl (C=O) groups is 4. The molecule has 0 aromatic heterocycles. The predicted molar refractivity (Wildman–Crippen MR) is 112 cm³/mol. The molecule has 0 saturated carbocycles. The fourth-order valence-electron chi connectivity index (χ4n) is 3.76. The number of benzene rings is 1. The average Bonchev–Trinajstić information content (AvgIpc) is 2.95. The Morgan fingerprint density at radius 3 is 2.53 bits per heavy atom. The van der Waals surface area contributed by atoms with E-state index in [0.717, 1.165) is 0 Å². The third kappa shape index (κ3) is 5.54. The highest BCUT2D eigenvalue weighted by Gasteiger charge is 2.46. The van der Waals surface area contributed by atoms with E-state index < -0.39 is 35.7 Å². The molecule has 2 aliphatic rings. The molecule has 0 radical (unpaired) electrons. The molecule has 2 saturated heterocycles. The van der Waals surface area contributed by atoms with Crippen molar-refractivity contribution in [3.63, 3.8) is 0 Å². The third-order valence-electron chi connectivity index (χ3n) is 5.25. The van der Waals surface area contributed by atoms with E-state index in [1.807, 2.05) is 0 Å². The Kier molecular flexibility index (Phi) is 6.99. The lowest BCUT2D eigenvalue weighted by Crippen LogP contribution is -2.52. The van der Waals surface area contributed by atoms with Crippen molar-refractivity contribution in [2.75, 3.05) is 13.1 Å². The smallest absolute Gasteiger partial charge is 0.408 e. The number of ketones is 1. The summed E-state index contributed by atoms with van der Waals surface area (Å²) in [6, 6.07) is 6.04. The molecule has 3 unspecified atom stereocenters. The van der Waals surface area contributed by atoms with Gasteiger partial charge in [0.1, 0.15) is 11.6 Å². The van der Waals surface area contributed by atoms with Gasteiger partial charge in [0.05, 0.1) is 18.6 Å². The fraction of sp³-hybridized carbons (Fsp3) is 0.524. The van der Waals surface area contributed by atoms with E-state index in [1.165, 1.54) is 4.90 Å². The molecule has 0 spiro atoms. The van der Waals surface area contributed by atoms with Crippen molar-refractivity contribution in [2.24, 2.45) is 0 Å². The normalized spacial score (nSPS) is 21.2. The number of alkyl carbamates (subject to hydrolysis) is 1. The summed E-state index contributed by atoms with van der Waals surface area (Å²) in [5.41, 5.74) is 4.82. The molecule has 11 nitrogen and oxygen atoms in total. The zero-order valence-corrected chi connectivity index (χ0v) is 18.3. The predicted octanol–water partition coefficient (Wildman–Crippen LogP) is 1.10. The van der Waals surface area contributed by atoms with E-state index in [2.05, 4.69) is 16.2 Å². The number of piperidine rings is 1. The summed E-state index contributed by atoms with van der Waals surface area (Å²) in [6.45, 7) is 5.22. The zero-order chi connectivity index (χ0) is 23.5. The van der Waals surface area contributed by atoms with Gasteiger partial charge in [-0.3, -0.25) is 20.2 Å². The van der Waals surface area contributed by atoms with Gasteiger partial charge in [-0.15, -0.1) is 0 Å². The Morgan fingerprint density at radius 2 is 1.88 bits per heavy atom. The van der Waals surface area contributed by atoms with Crippen molar-refractivity contribution in [1.82, 2.24) is 26.1 Å². The largest absolute Gasteiger partial charge is 0.444 e. The Labute approximate surface area is 186 Å². The number of urea groups is 1. The number of Topliss-reactive ketones (excluding diaryl/α,β-unsaturated/α-hetero) is 1. The van der Waals surface area contributed by atoms with Crippen molar-refractivity contribution in [3.8, 4) is 0 Å². The molecular formula is C21H29N5O6. The molecule has 3 atom stereocenters. The van der Waals surface area contributed by atoms with Crippen molar-refractivity contribution in [1.29, 1.82) is 0 Å². The molecule has 2 bridgehead atoms. The highest BCUT2D eigenvalue weighted by Crippen LogP contribution is 2.28. The molecular weight excluding hydrogens is 418 g/mol. The monoisotopic (exact) mass is 447 g/mol. The summed E-state index contributed by atoms with van der Waals surface area (Å²) in [7, 11) is 0. The second-order valence-corrected chi connectivity index (χ2v) is 8.83. The van der Waals surface area contributed by atoms with Crippen molar-refractivity contribution in [2.45, 2.75) is 57.3 Å². The number of hydroxylamine groups is 2. The maximum Gasteiger partial charge on any atom is 0.408 e. The van der Waals surface area contributed by atoms with Gasteiger partial charge in [-0.05, 0) is 39.2 Å². The second-order valence-electron chi connectivity index (χ2n) is 8.83. The maximum atomic E-state index is 12.8. The number of carbonyl (C=O) groups excluding carboxylic acids is 4. The summed E-state index contributed by atoms with van der Waals surface area (Å²) < 4.78 is 5.24. The van der Waals surface area contributed by atoms with Crippen molar-refractivity contribution < 1.29 is 29.1 Å². The molecule has 2 heterocycles. The van der Waals surface area contributed by atoms with E-state index >= 15 is 0 Å². The number of hydrazine groups is 1. The first-order valence-electron chi connectivity index (χ1n) is 10.5. The highest BCUT2D eigenvalue weighted by atomic mass is 16.6. The van der Waals surface area contributed by atoms with E-state index in [9.17, 15) is 24.4 Å². The van der Waals surface area contributed by atoms with Gasteiger partial charge >= 0.3 is 12.1 Å². The Bertz CT molecular complexity index is 871. The third-order valence-corrected chi connectivity index (χ3v) is 5.25. The Morgan fingerprint density at radius 1 is 1.19 bits per heavy atom. The molecule has 4 N–H and O–H groups in total. The van der Waals surface area contributed by atoms with Gasteiger partial charge < -0.3 is 15.0 Å². The molecule has 1 aromatic carbocycles. The lowest BCUT2D eigenvalue weighted by atomic mass is 9.97.